The second-order valence-electron chi connectivity index (χ2n) is 7.42. The van der Waals surface area contributed by atoms with Crippen LogP contribution in [0.15, 0.2) is 29.3 Å². The zero-order valence-electron chi connectivity index (χ0n) is 15.3. The van der Waals surface area contributed by atoms with Crippen molar-refractivity contribution in [3.05, 3.63) is 46.5 Å². The maximum absolute atomic E-state index is 13.5. The van der Waals surface area contributed by atoms with Gasteiger partial charge in [0.15, 0.2) is 18.4 Å². The molecule has 1 aromatic rings. The summed E-state index contributed by atoms with van der Waals surface area (Å²) in [6.45, 7) is 2.53. The first-order valence-electron chi connectivity index (χ1n) is 8.42. The topological polar surface area (TPSA) is 44.8 Å². The molecular formula is C18H14ClF7O4. The van der Waals surface area contributed by atoms with Crippen LogP contribution >= 0.6 is 11.6 Å². The van der Waals surface area contributed by atoms with E-state index < -0.39 is 58.0 Å². The van der Waals surface area contributed by atoms with E-state index in [-0.39, 0.29) is 12.4 Å². The van der Waals surface area contributed by atoms with Gasteiger partial charge in [-0.2, -0.15) is 22.0 Å². The van der Waals surface area contributed by atoms with E-state index in [0.29, 0.717) is 12.1 Å². The lowest BCUT2D eigenvalue weighted by Gasteiger charge is -2.39. The van der Waals surface area contributed by atoms with E-state index in [1.165, 1.54) is 13.8 Å². The van der Waals surface area contributed by atoms with Crippen LogP contribution < -0.4 is 0 Å². The van der Waals surface area contributed by atoms with Gasteiger partial charge in [-0.3, -0.25) is 14.3 Å². The molecule has 2 fully saturated rings. The number of esters is 1. The Bertz CT molecular complexity index is 893. The monoisotopic (exact) mass is 462 g/mol. The number of carbonyl (C=O) groups is 1. The molecule has 4 nitrogen and oxygen atoms in total. The molecule has 1 heterocycles. The minimum Gasteiger partial charge on any atom is -0.403 e. The summed E-state index contributed by atoms with van der Waals surface area (Å²) in [5.41, 5.74) is -1.26. The molecule has 3 rings (SSSR count). The lowest BCUT2D eigenvalue weighted by Crippen LogP contribution is -2.48. The molecule has 2 aliphatic rings. The number of benzene rings is 1. The highest BCUT2D eigenvalue weighted by molar-refractivity contribution is 6.30. The molecule has 1 aromatic carbocycles. The normalized spacial score (nSPS) is 25.5. The molecule has 1 saturated heterocycles. The van der Waals surface area contributed by atoms with E-state index in [1.54, 1.807) is 0 Å². The summed E-state index contributed by atoms with van der Waals surface area (Å²) < 4.78 is 106. The molecule has 0 bridgehead atoms. The summed E-state index contributed by atoms with van der Waals surface area (Å²) in [6.07, 6.45) is -5.44. The molecule has 12 heteroatoms. The Balaban J connectivity index is 1.80. The number of halogens is 8. The highest BCUT2D eigenvalue weighted by Gasteiger charge is 2.66. The van der Waals surface area contributed by atoms with Crippen LogP contribution in [0.5, 0.6) is 0 Å². The predicted molar refractivity (Wildman–Crippen MR) is 86.9 cm³/mol. The first-order chi connectivity index (χ1) is 13.6. The summed E-state index contributed by atoms with van der Waals surface area (Å²) in [5.74, 6) is -13.2. The first-order valence-corrected chi connectivity index (χ1v) is 8.80. The Labute approximate surface area is 170 Å². The van der Waals surface area contributed by atoms with Crippen molar-refractivity contribution in [3.63, 3.8) is 0 Å². The van der Waals surface area contributed by atoms with E-state index >= 15 is 0 Å². The van der Waals surface area contributed by atoms with Crippen molar-refractivity contribution in [3.8, 4) is 0 Å². The summed E-state index contributed by atoms with van der Waals surface area (Å²) in [7, 11) is 0. The fourth-order valence-corrected chi connectivity index (χ4v) is 3.41. The SMILES string of the molecule is CC1(C)C(C=C(Cl)C(F)(F)C(F)(F)F)C1C(=O)OC1(c2ccc(F)c(F)c2)OCO1. The van der Waals surface area contributed by atoms with Gasteiger partial charge in [0.1, 0.15) is 0 Å². The number of rotatable bonds is 5. The van der Waals surface area contributed by atoms with E-state index in [0.717, 1.165) is 12.1 Å². The van der Waals surface area contributed by atoms with Crippen molar-refractivity contribution in [2.24, 2.45) is 17.3 Å². The quantitative estimate of drug-likeness (QED) is 0.445. The fraction of sp³-hybridized carbons (Fsp3) is 0.500. The highest BCUT2D eigenvalue weighted by Crippen LogP contribution is 2.61. The summed E-state index contributed by atoms with van der Waals surface area (Å²) in [4.78, 5) is 12.6. The smallest absolute Gasteiger partial charge is 0.403 e. The molecule has 30 heavy (non-hydrogen) atoms. The molecule has 1 saturated carbocycles. The second kappa shape index (κ2) is 7.10. The number of allylic oxidation sites excluding steroid dienone is 2. The molecule has 166 valence electrons. The number of carbonyl (C=O) groups excluding carboxylic acids is 1. The summed E-state index contributed by atoms with van der Waals surface area (Å²) in [5, 5.41) is -1.77. The molecule has 0 radical (unpaired) electrons. The van der Waals surface area contributed by atoms with Gasteiger partial charge in [0.05, 0.1) is 16.5 Å². The van der Waals surface area contributed by atoms with Gasteiger partial charge >= 0.3 is 24.0 Å². The van der Waals surface area contributed by atoms with E-state index in [1.807, 2.05) is 0 Å². The molecule has 1 aliphatic carbocycles. The third-order valence-corrected chi connectivity index (χ3v) is 5.52. The van der Waals surface area contributed by atoms with Crippen LogP contribution in [-0.2, 0) is 25.0 Å². The van der Waals surface area contributed by atoms with Crippen molar-refractivity contribution < 1.29 is 49.7 Å². The van der Waals surface area contributed by atoms with Gasteiger partial charge in [0.2, 0.25) is 0 Å². The summed E-state index contributed by atoms with van der Waals surface area (Å²) in [6, 6.07) is 2.47. The van der Waals surface area contributed by atoms with Gasteiger partial charge in [-0.25, -0.2) is 8.78 Å². The number of hydrogen-bond donors (Lipinski definition) is 0. The van der Waals surface area contributed by atoms with Crippen LogP contribution in [0.2, 0.25) is 0 Å². The van der Waals surface area contributed by atoms with Crippen LogP contribution in [0.25, 0.3) is 0 Å². The molecule has 0 aromatic heterocycles. The molecule has 2 atom stereocenters. The van der Waals surface area contributed by atoms with Gasteiger partial charge < -0.3 is 4.74 Å². The molecule has 2 unspecified atom stereocenters. The first kappa shape index (κ1) is 22.8. The maximum Gasteiger partial charge on any atom is 0.459 e. The van der Waals surface area contributed by atoms with Gasteiger partial charge in [-0.1, -0.05) is 31.5 Å². The Hall–Kier alpha value is -1.85. The van der Waals surface area contributed by atoms with E-state index in [9.17, 15) is 35.5 Å². The van der Waals surface area contributed by atoms with Crippen LogP contribution in [0.1, 0.15) is 19.4 Å². The largest absolute Gasteiger partial charge is 0.459 e. The highest BCUT2D eigenvalue weighted by atomic mass is 35.5. The molecule has 0 N–H and O–H groups in total. The molecule has 0 spiro atoms. The van der Waals surface area contributed by atoms with Crippen LogP contribution in [0, 0.1) is 28.9 Å². The van der Waals surface area contributed by atoms with Crippen molar-refractivity contribution in [2.45, 2.75) is 31.9 Å². The van der Waals surface area contributed by atoms with E-state index in [2.05, 4.69) is 0 Å². The minimum absolute atomic E-state index is 0.187. The third-order valence-electron chi connectivity index (χ3n) is 5.15. The van der Waals surface area contributed by atoms with Gasteiger partial charge in [-0.05, 0) is 29.5 Å². The Morgan fingerprint density at radius 2 is 1.77 bits per heavy atom. The maximum atomic E-state index is 13.5. The van der Waals surface area contributed by atoms with Gasteiger partial charge in [0, 0.05) is 0 Å². The Morgan fingerprint density at radius 1 is 1.17 bits per heavy atom. The number of hydrogen-bond acceptors (Lipinski definition) is 4. The lowest BCUT2D eigenvalue weighted by molar-refractivity contribution is -0.500. The molecular weight excluding hydrogens is 449 g/mol. The Morgan fingerprint density at radius 3 is 2.23 bits per heavy atom. The zero-order chi connectivity index (χ0) is 22.7. The van der Waals surface area contributed by atoms with Crippen molar-refractivity contribution in [1.29, 1.82) is 0 Å². The fourth-order valence-electron chi connectivity index (χ4n) is 3.17. The number of alkyl halides is 5. The average Bonchev–Trinajstić information content (AvgIpc) is 3.12. The third kappa shape index (κ3) is 3.67. The minimum atomic E-state index is -5.90. The average molecular weight is 463 g/mol. The predicted octanol–water partition coefficient (Wildman–Crippen LogP) is 5.22. The van der Waals surface area contributed by atoms with E-state index in [4.69, 9.17) is 25.8 Å². The Kier molecular flexibility index (Phi) is 5.40. The van der Waals surface area contributed by atoms with Crippen molar-refractivity contribution in [1.82, 2.24) is 0 Å². The van der Waals surface area contributed by atoms with Gasteiger partial charge in [-0.15, -0.1) is 0 Å². The molecule has 0 amide bonds. The van der Waals surface area contributed by atoms with Crippen molar-refractivity contribution in [2.75, 3.05) is 6.79 Å². The van der Waals surface area contributed by atoms with Crippen LogP contribution in [-0.4, -0.2) is 24.9 Å². The number of ether oxygens (including phenoxy) is 3. The standard InChI is InChI=1S/C18H14ClF7O4/c1-15(2)9(6-12(19)16(22,23)18(24,25)26)13(15)14(27)30-17(28-7-29-17)8-3-4-10(20)11(21)5-8/h3-6,9,13H,7H2,1-2H3. The zero-order valence-corrected chi connectivity index (χ0v) is 16.1. The van der Waals surface area contributed by atoms with Crippen LogP contribution in [0.3, 0.4) is 0 Å². The molecule has 1 aliphatic heterocycles. The lowest BCUT2D eigenvalue weighted by atomic mass is 10.1. The summed E-state index contributed by atoms with van der Waals surface area (Å²) >= 11 is 5.20. The van der Waals surface area contributed by atoms with Crippen molar-refractivity contribution >= 4 is 17.6 Å². The van der Waals surface area contributed by atoms with Gasteiger partial charge in [0.25, 0.3) is 0 Å². The second-order valence-corrected chi connectivity index (χ2v) is 7.83. The van der Waals surface area contributed by atoms with Crippen LogP contribution in [0.4, 0.5) is 30.7 Å².